The summed E-state index contributed by atoms with van der Waals surface area (Å²) in [4.78, 5) is 18.7. The normalized spacial score (nSPS) is 13.7. The van der Waals surface area contributed by atoms with Gasteiger partial charge in [0.25, 0.3) is 0 Å². The van der Waals surface area contributed by atoms with Crippen molar-refractivity contribution in [2.75, 3.05) is 26.7 Å². The third-order valence-corrected chi connectivity index (χ3v) is 5.53. The first-order valence-electron chi connectivity index (χ1n) is 11.1. The number of amides is 1. The highest BCUT2D eigenvalue weighted by Crippen LogP contribution is 2.20. The number of hydrogen-bond acceptors (Lipinski definition) is 3. The summed E-state index contributed by atoms with van der Waals surface area (Å²) in [5, 5.41) is 6.75. The van der Waals surface area contributed by atoms with Gasteiger partial charge in [0.2, 0.25) is 5.91 Å². The zero-order valence-corrected chi connectivity index (χ0v) is 21.6. The molecule has 174 valence electrons. The predicted molar refractivity (Wildman–Crippen MR) is 141 cm³/mol. The zero-order chi connectivity index (χ0) is 22.1. The van der Waals surface area contributed by atoms with Crippen LogP contribution in [-0.2, 0) is 24.3 Å². The number of nitrogens with zero attached hydrogens (tertiary/aromatic N) is 2. The van der Waals surface area contributed by atoms with E-state index in [1.165, 1.54) is 16.7 Å². The van der Waals surface area contributed by atoms with Crippen LogP contribution in [0, 0.1) is 6.92 Å². The van der Waals surface area contributed by atoms with Gasteiger partial charge in [-0.1, -0.05) is 42.0 Å². The largest absolute Gasteiger partial charge is 0.496 e. The standard InChI is InChI=1S/C25H34N4O2.HI/c1-4-26-25(27-14-13-20-16-19(2)11-12-23(20)31-3)28-17-21-8-5-6-9-22(21)18-29-15-7-10-24(29)30;/h5-6,8-9,11-12,16H,4,7,10,13-15,17-18H2,1-3H3,(H2,26,27,28);1H. The van der Waals surface area contributed by atoms with Crippen LogP contribution >= 0.6 is 24.0 Å². The number of carbonyl (C=O) groups excluding carboxylic acids is 1. The summed E-state index contributed by atoms with van der Waals surface area (Å²) in [6.07, 6.45) is 2.48. The van der Waals surface area contributed by atoms with Gasteiger partial charge < -0.3 is 20.3 Å². The molecule has 0 unspecified atom stereocenters. The highest BCUT2D eigenvalue weighted by molar-refractivity contribution is 14.0. The van der Waals surface area contributed by atoms with Gasteiger partial charge >= 0.3 is 0 Å². The highest BCUT2D eigenvalue weighted by Gasteiger charge is 2.20. The number of aryl methyl sites for hydroxylation is 1. The first kappa shape index (κ1) is 26.0. The second kappa shape index (κ2) is 13.3. The van der Waals surface area contributed by atoms with E-state index in [-0.39, 0.29) is 29.9 Å². The van der Waals surface area contributed by atoms with Crippen molar-refractivity contribution in [3.63, 3.8) is 0 Å². The van der Waals surface area contributed by atoms with E-state index in [2.05, 4.69) is 48.7 Å². The van der Waals surface area contributed by atoms with Gasteiger partial charge in [-0.05, 0) is 49.4 Å². The second-order valence-electron chi connectivity index (χ2n) is 7.87. The molecular formula is C25H35IN4O2. The van der Waals surface area contributed by atoms with E-state index in [1.54, 1.807) is 7.11 Å². The third-order valence-electron chi connectivity index (χ3n) is 5.53. The van der Waals surface area contributed by atoms with Crippen LogP contribution in [0.15, 0.2) is 47.5 Å². The lowest BCUT2D eigenvalue weighted by atomic mass is 10.1. The summed E-state index contributed by atoms with van der Waals surface area (Å²) >= 11 is 0. The van der Waals surface area contributed by atoms with Crippen LogP contribution in [0.1, 0.15) is 42.0 Å². The summed E-state index contributed by atoms with van der Waals surface area (Å²) in [6, 6.07) is 14.5. The Labute approximate surface area is 208 Å². The maximum Gasteiger partial charge on any atom is 0.222 e. The van der Waals surface area contributed by atoms with Gasteiger partial charge in [0.15, 0.2) is 5.96 Å². The lowest BCUT2D eigenvalue weighted by Gasteiger charge is -2.18. The quantitative estimate of drug-likeness (QED) is 0.281. The number of carbonyl (C=O) groups is 1. The van der Waals surface area contributed by atoms with Gasteiger partial charge in [0.05, 0.1) is 13.7 Å². The molecule has 2 aromatic rings. The Kier molecular flexibility index (Phi) is 10.8. The fourth-order valence-corrected chi connectivity index (χ4v) is 3.87. The van der Waals surface area contributed by atoms with E-state index in [0.717, 1.165) is 49.7 Å². The molecule has 0 aromatic heterocycles. The van der Waals surface area contributed by atoms with Crippen LogP contribution in [0.25, 0.3) is 0 Å². The number of aliphatic imine (C=N–C) groups is 1. The average molecular weight is 550 g/mol. The first-order valence-corrected chi connectivity index (χ1v) is 11.1. The van der Waals surface area contributed by atoms with Crippen LogP contribution in [0.2, 0.25) is 0 Å². The Morgan fingerprint density at radius 3 is 2.59 bits per heavy atom. The molecule has 7 heteroatoms. The molecule has 1 amide bonds. The van der Waals surface area contributed by atoms with Crippen molar-refractivity contribution in [1.82, 2.24) is 15.5 Å². The third kappa shape index (κ3) is 7.39. The van der Waals surface area contributed by atoms with E-state index < -0.39 is 0 Å². The van der Waals surface area contributed by atoms with Crippen LogP contribution in [0.5, 0.6) is 5.75 Å². The fraction of sp³-hybridized carbons (Fsp3) is 0.440. The number of rotatable bonds is 9. The lowest BCUT2D eigenvalue weighted by Crippen LogP contribution is -2.38. The van der Waals surface area contributed by atoms with Crippen LogP contribution < -0.4 is 15.4 Å². The zero-order valence-electron chi connectivity index (χ0n) is 19.3. The van der Waals surface area contributed by atoms with E-state index in [9.17, 15) is 4.79 Å². The number of hydrogen-bond donors (Lipinski definition) is 2. The molecule has 0 atom stereocenters. The number of guanidine groups is 1. The van der Waals surface area contributed by atoms with Crippen molar-refractivity contribution in [2.45, 2.75) is 46.2 Å². The molecular weight excluding hydrogens is 515 g/mol. The Hall–Kier alpha value is -2.29. The topological polar surface area (TPSA) is 66.0 Å². The molecule has 1 saturated heterocycles. The molecule has 1 aliphatic rings. The van der Waals surface area contributed by atoms with E-state index in [1.807, 2.05) is 23.1 Å². The molecule has 1 heterocycles. The van der Waals surface area contributed by atoms with E-state index in [0.29, 0.717) is 19.5 Å². The van der Waals surface area contributed by atoms with E-state index >= 15 is 0 Å². The van der Waals surface area contributed by atoms with Crippen molar-refractivity contribution in [3.8, 4) is 5.75 Å². The second-order valence-corrected chi connectivity index (χ2v) is 7.87. The minimum absolute atomic E-state index is 0. The van der Waals surface area contributed by atoms with Crippen LogP contribution in [0.4, 0.5) is 0 Å². The summed E-state index contributed by atoms with van der Waals surface area (Å²) in [7, 11) is 1.71. The minimum Gasteiger partial charge on any atom is -0.496 e. The van der Waals surface area contributed by atoms with Gasteiger partial charge in [-0.25, -0.2) is 4.99 Å². The fourth-order valence-electron chi connectivity index (χ4n) is 3.87. The Morgan fingerprint density at radius 1 is 1.12 bits per heavy atom. The molecule has 0 aliphatic carbocycles. The molecule has 3 rings (SSSR count). The predicted octanol–water partition coefficient (Wildman–Crippen LogP) is 4.04. The number of ether oxygens (including phenoxy) is 1. The van der Waals surface area contributed by atoms with Crippen LogP contribution in [-0.4, -0.2) is 43.5 Å². The van der Waals surface area contributed by atoms with Gasteiger partial charge in [0.1, 0.15) is 5.75 Å². The Balaban J connectivity index is 0.00000363. The molecule has 0 saturated carbocycles. The number of methoxy groups -OCH3 is 1. The van der Waals surface area contributed by atoms with Gasteiger partial charge in [-0.2, -0.15) is 0 Å². The van der Waals surface area contributed by atoms with Crippen molar-refractivity contribution < 1.29 is 9.53 Å². The number of halogens is 1. The molecule has 0 bridgehead atoms. The highest BCUT2D eigenvalue weighted by atomic mass is 127. The summed E-state index contributed by atoms with van der Waals surface area (Å²) in [5.74, 6) is 1.96. The van der Waals surface area contributed by atoms with Crippen molar-refractivity contribution in [3.05, 3.63) is 64.7 Å². The SMILES string of the molecule is CCNC(=NCc1ccccc1CN1CCCC1=O)NCCc1cc(C)ccc1OC.I. The molecule has 0 spiro atoms. The minimum atomic E-state index is 0. The maximum absolute atomic E-state index is 12.0. The van der Waals surface area contributed by atoms with E-state index in [4.69, 9.17) is 9.73 Å². The molecule has 6 nitrogen and oxygen atoms in total. The Bertz CT molecular complexity index is 917. The molecule has 1 fully saturated rings. The first-order chi connectivity index (χ1) is 15.1. The van der Waals surface area contributed by atoms with Crippen molar-refractivity contribution in [2.24, 2.45) is 4.99 Å². The average Bonchev–Trinajstić information content (AvgIpc) is 3.17. The van der Waals surface area contributed by atoms with Crippen molar-refractivity contribution in [1.29, 1.82) is 0 Å². The van der Waals surface area contributed by atoms with Gasteiger partial charge in [-0.15, -0.1) is 24.0 Å². The molecule has 2 N–H and O–H groups in total. The summed E-state index contributed by atoms with van der Waals surface area (Å²) in [6.45, 7) is 7.80. The molecule has 2 aromatic carbocycles. The van der Waals surface area contributed by atoms with Gasteiger partial charge in [0, 0.05) is 32.6 Å². The van der Waals surface area contributed by atoms with Gasteiger partial charge in [-0.3, -0.25) is 4.79 Å². The lowest BCUT2D eigenvalue weighted by molar-refractivity contribution is -0.128. The number of nitrogens with one attached hydrogen (secondary N) is 2. The summed E-state index contributed by atoms with van der Waals surface area (Å²) in [5.41, 5.74) is 4.73. The number of likely N-dealkylation sites (tertiary alicyclic amines) is 1. The van der Waals surface area contributed by atoms with Crippen molar-refractivity contribution >= 4 is 35.8 Å². The molecule has 32 heavy (non-hydrogen) atoms. The smallest absolute Gasteiger partial charge is 0.222 e. The van der Waals surface area contributed by atoms with Crippen LogP contribution in [0.3, 0.4) is 0 Å². The Morgan fingerprint density at radius 2 is 1.91 bits per heavy atom. The maximum atomic E-state index is 12.0. The summed E-state index contributed by atoms with van der Waals surface area (Å²) < 4.78 is 5.48. The number of benzene rings is 2. The monoisotopic (exact) mass is 550 g/mol. The molecule has 0 radical (unpaired) electrons. The molecule has 1 aliphatic heterocycles.